The number of nitrogens with zero attached hydrogens (tertiary/aromatic N) is 5. The van der Waals surface area contributed by atoms with E-state index in [2.05, 4.69) is 15.1 Å². The molecule has 0 atom stereocenters. The van der Waals surface area contributed by atoms with Gasteiger partial charge in [-0.3, -0.25) is 9.59 Å². The molecule has 2 aliphatic rings. The number of aromatic nitrogens is 2. The molecule has 31 heavy (non-hydrogen) atoms. The number of piperazine rings is 1. The van der Waals surface area contributed by atoms with Crippen molar-refractivity contribution in [2.45, 2.75) is 19.8 Å². The first-order valence-electron chi connectivity index (χ1n) is 10.6. The van der Waals surface area contributed by atoms with Gasteiger partial charge >= 0.3 is 0 Å². The minimum Gasteiger partial charge on any atom is -0.352 e. The number of hydrogen-bond acceptors (Lipinski definition) is 5. The minimum absolute atomic E-state index is 0.00862. The normalized spacial score (nSPS) is 16.4. The van der Waals surface area contributed by atoms with E-state index in [4.69, 9.17) is 23.2 Å². The van der Waals surface area contributed by atoms with Crippen LogP contribution in [0.2, 0.25) is 10.0 Å². The topological polar surface area (TPSA) is 69.6 Å². The SMILES string of the molecule is CCN(CC(=O)N1CCN(c2ccc(-c3ccc(Cl)cc3Cl)nn2)CC1)C(=O)C1CC1. The van der Waals surface area contributed by atoms with Gasteiger partial charge in [-0.2, -0.15) is 0 Å². The fourth-order valence-electron chi connectivity index (χ4n) is 3.72. The van der Waals surface area contributed by atoms with E-state index in [1.165, 1.54) is 0 Å². The van der Waals surface area contributed by atoms with Crippen LogP contribution in [0.4, 0.5) is 5.82 Å². The molecular weight excluding hydrogens is 437 g/mol. The molecule has 0 unspecified atom stereocenters. The molecule has 4 rings (SSSR count). The van der Waals surface area contributed by atoms with E-state index >= 15 is 0 Å². The smallest absolute Gasteiger partial charge is 0.242 e. The van der Waals surface area contributed by atoms with Crippen LogP contribution < -0.4 is 4.90 Å². The van der Waals surface area contributed by atoms with Crippen molar-refractivity contribution in [2.24, 2.45) is 5.92 Å². The number of amides is 2. The second-order valence-corrected chi connectivity index (χ2v) is 8.74. The molecular formula is C22H25Cl2N5O2. The highest BCUT2D eigenvalue weighted by atomic mass is 35.5. The first kappa shape index (κ1) is 21.8. The molecule has 2 amide bonds. The van der Waals surface area contributed by atoms with E-state index < -0.39 is 0 Å². The summed E-state index contributed by atoms with van der Waals surface area (Å²) in [7, 11) is 0. The van der Waals surface area contributed by atoms with Crippen LogP contribution >= 0.6 is 23.2 Å². The van der Waals surface area contributed by atoms with Crippen LogP contribution in [-0.4, -0.2) is 71.1 Å². The lowest BCUT2D eigenvalue weighted by atomic mass is 10.1. The lowest BCUT2D eigenvalue weighted by Gasteiger charge is -2.36. The Morgan fingerprint density at radius 1 is 1.06 bits per heavy atom. The Morgan fingerprint density at radius 3 is 2.39 bits per heavy atom. The van der Waals surface area contributed by atoms with Crippen molar-refractivity contribution in [3.05, 3.63) is 40.4 Å². The van der Waals surface area contributed by atoms with Crippen LogP contribution in [0.1, 0.15) is 19.8 Å². The molecule has 7 nitrogen and oxygen atoms in total. The van der Waals surface area contributed by atoms with Crippen LogP contribution in [0.5, 0.6) is 0 Å². The zero-order valence-corrected chi connectivity index (χ0v) is 18.9. The van der Waals surface area contributed by atoms with Gasteiger partial charge in [0.2, 0.25) is 11.8 Å². The Hall–Kier alpha value is -2.38. The van der Waals surface area contributed by atoms with Crippen LogP contribution in [-0.2, 0) is 9.59 Å². The van der Waals surface area contributed by atoms with E-state index in [0.29, 0.717) is 48.5 Å². The van der Waals surface area contributed by atoms with Gasteiger partial charge in [0.15, 0.2) is 5.82 Å². The lowest BCUT2D eigenvalue weighted by Crippen LogP contribution is -2.52. The summed E-state index contributed by atoms with van der Waals surface area (Å²) in [5, 5.41) is 9.77. The summed E-state index contributed by atoms with van der Waals surface area (Å²) in [6.45, 7) is 5.20. The summed E-state index contributed by atoms with van der Waals surface area (Å²) in [4.78, 5) is 30.6. The molecule has 1 aliphatic heterocycles. The van der Waals surface area contributed by atoms with E-state index in [-0.39, 0.29) is 24.3 Å². The molecule has 9 heteroatoms. The average Bonchev–Trinajstić information content (AvgIpc) is 3.63. The van der Waals surface area contributed by atoms with Gasteiger partial charge in [0.05, 0.1) is 17.3 Å². The van der Waals surface area contributed by atoms with Gasteiger partial charge in [-0.25, -0.2) is 0 Å². The van der Waals surface area contributed by atoms with E-state index in [1.54, 1.807) is 17.0 Å². The predicted molar refractivity (Wildman–Crippen MR) is 121 cm³/mol. The number of hydrogen-bond donors (Lipinski definition) is 0. The third kappa shape index (κ3) is 5.10. The minimum atomic E-state index is 0.00862. The second kappa shape index (κ2) is 9.40. The lowest BCUT2D eigenvalue weighted by molar-refractivity contribution is -0.141. The monoisotopic (exact) mass is 461 g/mol. The molecule has 2 heterocycles. The molecule has 2 aromatic rings. The number of anilines is 1. The first-order valence-corrected chi connectivity index (χ1v) is 11.3. The quantitative estimate of drug-likeness (QED) is 0.659. The highest BCUT2D eigenvalue weighted by Gasteiger charge is 2.34. The maximum atomic E-state index is 12.7. The fourth-order valence-corrected chi connectivity index (χ4v) is 4.22. The van der Waals surface area contributed by atoms with Gasteiger partial charge in [-0.1, -0.05) is 23.2 Å². The highest BCUT2D eigenvalue weighted by Crippen LogP contribution is 2.31. The number of likely N-dealkylation sites (N-methyl/N-ethyl adjacent to an activating group) is 1. The van der Waals surface area contributed by atoms with Gasteiger partial charge in [-0.05, 0) is 50.1 Å². The standard InChI is InChI=1S/C22H25Cl2N5O2/c1-2-27(22(31)15-3-4-15)14-21(30)29-11-9-28(10-12-29)20-8-7-19(25-26-20)17-6-5-16(23)13-18(17)24/h5-8,13,15H,2-4,9-12,14H2,1H3. The van der Waals surface area contributed by atoms with Gasteiger partial charge in [-0.15, -0.1) is 10.2 Å². The Morgan fingerprint density at radius 2 is 1.81 bits per heavy atom. The molecule has 2 fully saturated rings. The molecule has 1 saturated carbocycles. The zero-order valence-electron chi connectivity index (χ0n) is 17.4. The summed E-state index contributed by atoms with van der Waals surface area (Å²) in [6, 6.07) is 9.08. The summed E-state index contributed by atoms with van der Waals surface area (Å²) in [5.41, 5.74) is 1.46. The summed E-state index contributed by atoms with van der Waals surface area (Å²) < 4.78 is 0. The maximum Gasteiger partial charge on any atom is 0.242 e. The van der Waals surface area contributed by atoms with Crippen LogP contribution in [0.25, 0.3) is 11.3 Å². The average molecular weight is 462 g/mol. The maximum absolute atomic E-state index is 12.7. The van der Waals surface area contributed by atoms with Gasteiger partial charge in [0, 0.05) is 49.2 Å². The Kier molecular flexibility index (Phi) is 6.62. The number of rotatable bonds is 6. The number of carbonyl (C=O) groups excluding carboxylic acids is 2. The summed E-state index contributed by atoms with van der Waals surface area (Å²) >= 11 is 12.2. The molecule has 0 bridgehead atoms. The largest absolute Gasteiger partial charge is 0.352 e. The van der Waals surface area contributed by atoms with Crippen molar-refractivity contribution >= 4 is 40.8 Å². The summed E-state index contributed by atoms with van der Waals surface area (Å²) in [6.07, 6.45) is 1.90. The fraction of sp³-hybridized carbons (Fsp3) is 0.455. The third-order valence-corrected chi connectivity index (χ3v) is 6.31. The van der Waals surface area contributed by atoms with E-state index in [0.717, 1.165) is 24.2 Å². The van der Waals surface area contributed by atoms with Crippen molar-refractivity contribution in [3.8, 4) is 11.3 Å². The molecule has 1 saturated heterocycles. The van der Waals surface area contributed by atoms with Crippen LogP contribution in [0.3, 0.4) is 0 Å². The summed E-state index contributed by atoms with van der Waals surface area (Å²) in [5.74, 6) is 1.02. The Labute approximate surface area is 191 Å². The first-order chi connectivity index (χ1) is 15.0. The zero-order chi connectivity index (χ0) is 22.0. The molecule has 1 aromatic heterocycles. The van der Waals surface area contributed by atoms with Gasteiger partial charge < -0.3 is 14.7 Å². The van der Waals surface area contributed by atoms with Gasteiger partial charge in [0.25, 0.3) is 0 Å². The Balaban J connectivity index is 1.33. The number of halogens is 2. The molecule has 1 aliphatic carbocycles. The van der Waals surface area contributed by atoms with E-state index in [9.17, 15) is 9.59 Å². The van der Waals surface area contributed by atoms with Crippen molar-refractivity contribution < 1.29 is 9.59 Å². The molecule has 0 N–H and O–H groups in total. The van der Waals surface area contributed by atoms with Crippen molar-refractivity contribution in [3.63, 3.8) is 0 Å². The second-order valence-electron chi connectivity index (χ2n) is 7.90. The van der Waals surface area contributed by atoms with Crippen molar-refractivity contribution in [1.82, 2.24) is 20.0 Å². The third-order valence-electron chi connectivity index (χ3n) is 5.76. The van der Waals surface area contributed by atoms with Crippen LogP contribution in [0, 0.1) is 5.92 Å². The molecule has 0 spiro atoms. The van der Waals surface area contributed by atoms with Crippen molar-refractivity contribution in [1.29, 1.82) is 0 Å². The number of benzene rings is 1. The van der Waals surface area contributed by atoms with Crippen molar-refractivity contribution in [2.75, 3.05) is 44.2 Å². The number of carbonyl (C=O) groups is 2. The van der Waals surface area contributed by atoms with Crippen LogP contribution in [0.15, 0.2) is 30.3 Å². The molecule has 164 valence electrons. The van der Waals surface area contributed by atoms with Gasteiger partial charge in [0.1, 0.15) is 0 Å². The Bertz CT molecular complexity index is 957. The predicted octanol–water partition coefficient (Wildman–Crippen LogP) is 3.36. The van der Waals surface area contributed by atoms with E-state index in [1.807, 2.05) is 30.0 Å². The highest BCUT2D eigenvalue weighted by molar-refractivity contribution is 6.36. The molecule has 0 radical (unpaired) electrons. The molecule has 1 aromatic carbocycles.